The summed E-state index contributed by atoms with van der Waals surface area (Å²) in [5, 5.41) is 7.17. The number of nitrogens with zero attached hydrogens (tertiary/aromatic N) is 2. The maximum Gasteiger partial charge on any atom is 0.213 e. The van der Waals surface area contributed by atoms with Gasteiger partial charge in [-0.2, -0.15) is 5.10 Å². The van der Waals surface area contributed by atoms with Gasteiger partial charge in [0.25, 0.3) is 0 Å². The molecule has 3 aromatic rings. The summed E-state index contributed by atoms with van der Waals surface area (Å²) in [6.45, 7) is 6.68. The Balaban J connectivity index is 1.55. The Morgan fingerprint density at radius 3 is 2.18 bits per heavy atom. The van der Waals surface area contributed by atoms with E-state index in [0.29, 0.717) is 0 Å². The number of methoxy groups -OCH3 is 2. The van der Waals surface area contributed by atoms with Crippen LogP contribution >= 0.6 is 0 Å². The fourth-order valence-electron chi connectivity index (χ4n) is 4.52. The molecule has 0 saturated heterocycles. The molecule has 5 heteroatoms. The normalized spacial score (nSPS) is 19.3. The van der Waals surface area contributed by atoms with Crippen molar-refractivity contribution in [3.8, 4) is 17.2 Å². The van der Waals surface area contributed by atoms with Crippen LogP contribution < -0.4 is 14.2 Å². The van der Waals surface area contributed by atoms with Gasteiger partial charge in [-0.3, -0.25) is 0 Å². The minimum Gasteiger partial charge on any atom is -0.497 e. The topological polar surface area (TPSA) is 43.3 Å². The van der Waals surface area contributed by atoms with Crippen molar-refractivity contribution in [3.63, 3.8) is 0 Å². The molecule has 5 nitrogen and oxygen atoms in total. The lowest BCUT2D eigenvalue weighted by molar-refractivity contribution is -0.0191. The van der Waals surface area contributed by atoms with Crippen LogP contribution in [0.4, 0.5) is 0 Å². The Morgan fingerprint density at radius 1 is 0.879 bits per heavy atom. The van der Waals surface area contributed by atoms with Crippen LogP contribution in [-0.2, 0) is 5.41 Å². The average Bonchev–Trinajstić information content (AvgIpc) is 3.28. The molecule has 2 heterocycles. The summed E-state index contributed by atoms with van der Waals surface area (Å²) in [6.07, 6.45) is 0.507. The number of hydrazone groups is 1. The maximum atomic E-state index is 6.52. The highest BCUT2D eigenvalue weighted by atomic mass is 16.5. The summed E-state index contributed by atoms with van der Waals surface area (Å²) in [4.78, 5) is 0. The Labute approximate surface area is 195 Å². The van der Waals surface area contributed by atoms with Gasteiger partial charge in [0, 0.05) is 17.5 Å². The SMILES string of the molecule is COc1ccc(C2=NN3[C@H](C2)c2cc(OC)ccc2O[C@@H]3c2ccc(C(C)(C)C)cc2)cc1. The third-order valence-corrected chi connectivity index (χ3v) is 6.48. The lowest BCUT2D eigenvalue weighted by Gasteiger charge is -2.38. The molecule has 0 saturated carbocycles. The second-order valence-corrected chi connectivity index (χ2v) is 9.62. The molecule has 0 aromatic heterocycles. The van der Waals surface area contributed by atoms with Crippen molar-refractivity contribution in [2.24, 2.45) is 5.10 Å². The number of rotatable bonds is 4. The van der Waals surface area contributed by atoms with Gasteiger partial charge in [-0.25, -0.2) is 5.01 Å². The highest BCUT2D eigenvalue weighted by Gasteiger charge is 2.41. The first-order valence-corrected chi connectivity index (χ1v) is 11.3. The van der Waals surface area contributed by atoms with Gasteiger partial charge in [0.05, 0.1) is 26.0 Å². The van der Waals surface area contributed by atoms with Gasteiger partial charge >= 0.3 is 0 Å². The van der Waals surface area contributed by atoms with Crippen molar-refractivity contribution in [2.45, 2.75) is 44.9 Å². The minimum atomic E-state index is -0.291. The van der Waals surface area contributed by atoms with E-state index in [0.717, 1.165) is 46.1 Å². The average molecular weight is 443 g/mol. The van der Waals surface area contributed by atoms with E-state index in [4.69, 9.17) is 19.3 Å². The van der Waals surface area contributed by atoms with Gasteiger partial charge in [0.2, 0.25) is 6.23 Å². The second kappa shape index (κ2) is 8.14. The van der Waals surface area contributed by atoms with Crippen LogP contribution in [0.25, 0.3) is 0 Å². The number of ether oxygens (including phenoxy) is 3. The lowest BCUT2D eigenvalue weighted by Crippen LogP contribution is -2.33. The smallest absolute Gasteiger partial charge is 0.213 e. The van der Waals surface area contributed by atoms with Crippen LogP contribution in [0.3, 0.4) is 0 Å². The first kappa shape index (κ1) is 21.4. The van der Waals surface area contributed by atoms with Crippen molar-refractivity contribution >= 4 is 5.71 Å². The van der Waals surface area contributed by atoms with E-state index < -0.39 is 0 Å². The summed E-state index contributed by atoms with van der Waals surface area (Å²) < 4.78 is 17.3. The molecule has 0 N–H and O–H groups in total. The highest BCUT2D eigenvalue weighted by Crippen LogP contribution is 2.48. The van der Waals surface area contributed by atoms with E-state index in [1.165, 1.54) is 5.56 Å². The molecule has 0 bridgehead atoms. The molecular formula is C28H30N2O3. The number of fused-ring (bicyclic) bond motifs is 3. The van der Waals surface area contributed by atoms with E-state index in [1.54, 1.807) is 14.2 Å². The highest BCUT2D eigenvalue weighted by molar-refractivity contribution is 6.02. The summed E-state index contributed by atoms with van der Waals surface area (Å²) in [5.41, 5.74) is 5.73. The predicted molar refractivity (Wildman–Crippen MR) is 130 cm³/mol. The van der Waals surface area contributed by atoms with E-state index in [1.807, 2.05) is 24.3 Å². The van der Waals surface area contributed by atoms with Crippen LogP contribution in [0.5, 0.6) is 17.2 Å². The Morgan fingerprint density at radius 2 is 1.55 bits per heavy atom. The molecule has 2 atom stereocenters. The first-order valence-electron chi connectivity index (χ1n) is 11.3. The van der Waals surface area contributed by atoms with Crippen molar-refractivity contribution in [2.75, 3.05) is 14.2 Å². The van der Waals surface area contributed by atoms with E-state index in [2.05, 4.69) is 68.2 Å². The molecule has 0 amide bonds. The van der Waals surface area contributed by atoms with Crippen LogP contribution in [0.1, 0.15) is 61.7 Å². The van der Waals surface area contributed by atoms with Gasteiger partial charge < -0.3 is 14.2 Å². The number of hydrogen-bond donors (Lipinski definition) is 0. The predicted octanol–water partition coefficient (Wildman–Crippen LogP) is 6.24. The van der Waals surface area contributed by atoms with Gasteiger partial charge in [-0.1, -0.05) is 45.0 Å². The quantitative estimate of drug-likeness (QED) is 0.479. The zero-order valence-electron chi connectivity index (χ0n) is 19.8. The zero-order valence-corrected chi connectivity index (χ0v) is 19.8. The molecule has 0 aliphatic carbocycles. The fraction of sp³-hybridized carbons (Fsp3) is 0.321. The van der Waals surface area contributed by atoms with Gasteiger partial charge in [-0.15, -0.1) is 0 Å². The molecular weight excluding hydrogens is 412 g/mol. The van der Waals surface area contributed by atoms with Gasteiger partial charge in [-0.05, 0) is 59.0 Å². The summed E-state index contributed by atoms with van der Waals surface area (Å²) in [7, 11) is 3.37. The molecule has 0 unspecified atom stereocenters. The molecule has 3 aromatic carbocycles. The second-order valence-electron chi connectivity index (χ2n) is 9.62. The van der Waals surface area contributed by atoms with Crippen LogP contribution in [0.15, 0.2) is 71.8 Å². The third-order valence-electron chi connectivity index (χ3n) is 6.48. The Bertz CT molecular complexity index is 1180. The number of benzene rings is 3. The minimum absolute atomic E-state index is 0.0771. The summed E-state index contributed by atoms with van der Waals surface area (Å²) >= 11 is 0. The molecule has 2 aliphatic heterocycles. The van der Waals surface area contributed by atoms with Crippen LogP contribution in [0, 0.1) is 0 Å². The van der Waals surface area contributed by atoms with Crippen molar-refractivity contribution in [1.82, 2.24) is 5.01 Å². The van der Waals surface area contributed by atoms with Crippen molar-refractivity contribution in [1.29, 1.82) is 0 Å². The largest absolute Gasteiger partial charge is 0.497 e. The maximum absolute atomic E-state index is 6.52. The molecule has 170 valence electrons. The zero-order chi connectivity index (χ0) is 23.2. The first-order chi connectivity index (χ1) is 15.9. The van der Waals surface area contributed by atoms with E-state index in [9.17, 15) is 0 Å². The van der Waals surface area contributed by atoms with E-state index in [-0.39, 0.29) is 17.7 Å². The fourth-order valence-corrected chi connectivity index (χ4v) is 4.52. The number of hydrogen-bond acceptors (Lipinski definition) is 5. The molecule has 0 fully saturated rings. The summed E-state index contributed by atoms with van der Waals surface area (Å²) in [5.74, 6) is 2.54. The van der Waals surface area contributed by atoms with Gasteiger partial charge in [0.15, 0.2) is 0 Å². The van der Waals surface area contributed by atoms with Crippen molar-refractivity contribution < 1.29 is 14.2 Å². The van der Waals surface area contributed by atoms with Gasteiger partial charge in [0.1, 0.15) is 17.2 Å². The summed E-state index contributed by atoms with van der Waals surface area (Å²) in [6, 6.07) is 22.9. The van der Waals surface area contributed by atoms with Crippen LogP contribution in [0.2, 0.25) is 0 Å². The molecule has 33 heavy (non-hydrogen) atoms. The molecule has 0 radical (unpaired) electrons. The lowest BCUT2D eigenvalue weighted by atomic mass is 9.86. The van der Waals surface area contributed by atoms with E-state index >= 15 is 0 Å². The third kappa shape index (κ3) is 3.92. The standard InChI is InChI=1S/C28H30N2O3/c1-28(2,3)20-10-6-19(7-11-20)27-30-25(23-16-22(32-5)14-15-26(23)33-27)17-24(29-30)18-8-12-21(31-4)13-9-18/h6-16,25,27H,17H2,1-5H3/t25-,27-/m1/s1. The monoisotopic (exact) mass is 442 g/mol. The molecule has 2 aliphatic rings. The molecule has 5 rings (SSSR count). The molecule has 0 spiro atoms. The van der Waals surface area contributed by atoms with Crippen molar-refractivity contribution in [3.05, 3.63) is 89.0 Å². The Hall–Kier alpha value is -3.47. The van der Waals surface area contributed by atoms with Crippen LogP contribution in [-0.4, -0.2) is 24.9 Å². The Kier molecular flexibility index (Phi) is 5.28.